The Morgan fingerprint density at radius 1 is 0.931 bits per heavy atom. The zero-order valence-corrected chi connectivity index (χ0v) is 16.3. The maximum absolute atomic E-state index is 12.4. The van der Waals surface area contributed by atoms with E-state index in [2.05, 4.69) is 10.6 Å². The van der Waals surface area contributed by atoms with Crippen LogP contribution in [0.1, 0.15) is 24.2 Å². The van der Waals surface area contributed by atoms with Crippen LogP contribution in [0.4, 0.5) is 4.79 Å². The van der Waals surface area contributed by atoms with Gasteiger partial charge >= 0.3 is 12.0 Å². The molecule has 0 aliphatic carbocycles. The maximum atomic E-state index is 12.4. The standard InChI is InChI=1S/C21H24N2O6/c1-3-22-21(26)23-19(24)15(2)29-20(25)17-11-7-8-12-18(17)28-14-13-27-16-9-5-4-6-10-16/h4-12,15H,3,13-14H2,1-2H3,(H2,22,23,24,26). The Morgan fingerprint density at radius 3 is 2.31 bits per heavy atom. The highest BCUT2D eigenvalue weighted by atomic mass is 16.6. The second kappa shape index (κ2) is 11.3. The Labute approximate surface area is 169 Å². The minimum atomic E-state index is -1.15. The molecule has 0 aliphatic rings. The summed E-state index contributed by atoms with van der Waals surface area (Å²) < 4.78 is 16.3. The third-order valence-electron chi connectivity index (χ3n) is 3.69. The van der Waals surface area contributed by atoms with Gasteiger partial charge in [-0.25, -0.2) is 9.59 Å². The van der Waals surface area contributed by atoms with Crippen molar-refractivity contribution >= 4 is 17.9 Å². The molecule has 29 heavy (non-hydrogen) atoms. The number of nitrogens with one attached hydrogen (secondary N) is 2. The van der Waals surface area contributed by atoms with E-state index < -0.39 is 24.0 Å². The molecule has 0 bridgehead atoms. The molecule has 0 spiro atoms. The zero-order valence-electron chi connectivity index (χ0n) is 16.3. The molecule has 2 rings (SSSR count). The van der Waals surface area contributed by atoms with Gasteiger partial charge in [-0.15, -0.1) is 0 Å². The molecule has 0 heterocycles. The third-order valence-corrected chi connectivity index (χ3v) is 3.69. The average molecular weight is 400 g/mol. The lowest BCUT2D eigenvalue weighted by Gasteiger charge is -2.15. The molecule has 154 valence electrons. The van der Waals surface area contributed by atoms with Crippen molar-refractivity contribution in [2.24, 2.45) is 0 Å². The van der Waals surface area contributed by atoms with Crippen LogP contribution in [0.25, 0.3) is 0 Å². The number of imide groups is 1. The minimum Gasteiger partial charge on any atom is -0.490 e. The smallest absolute Gasteiger partial charge is 0.342 e. The first kappa shape index (κ1) is 21.7. The van der Waals surface area contributed by atoms with Crippen LogP contribution in [0, 0.1) is 0 Å². The molecule has 0 saturated heterocycles. The number of benzene rings is 2. The van der Waals surface area contributed by atoms with Crippen LogP contribution in [0.3, 0.4) is 0 Å². The van der Waals surface area contributed by atoms with Gasteiger partial charge in [0.1, 0.15) is 30.3 Å². The van der Waals surface area contributed by atoms with E-state index in [1.807, 2.05) is 30.3 Å². The van der Waals surface area contributed by atoms with Crippen molar-refractivity contribution in [3.8, 4) is 11.5 Å². The Bertz CT molecular complexity index is 825. The highest BCUT2D eigenvalue weighted by Crippen LogP contribution is 2.20. The Hall–Kier alpha value is -3.55. The second-order valence-corrected chi connectivity index (χ2v) is 5.90. The van der Waals surface area contributed by atoms with Gasteiger partial charge in [0.2, 0.25) is 0 Å². The van der Waals surface area contributed by atoms with Crippen LogP contribution in [-0.4, -0.2) is 43.8 Å². The monoisotopic (exact) mass is 400 g/mol. The largest absolute Gasteiger partial charge is 0.490 e. The summed E-state index contributed by atoms with van der Waals surface area (Å²) >= 11 is 0. The van der Waals surface area contributed by atoms with Crippen molar-refractivity contribution in [1.29, 1.82) is 0 Å². The number of urea groups is 1. The number of amides is 3. The molecule has 2 aromatic carbocycles. The molecular weight excluding hydrogens is 376 g/mol. The first-order valence-electron chi connectivity index (χ1n) is 9.20. The molecular formula is C21H24N2O6. The molecule has 2 N–H and O–H groups in total. The van der Waals surface area contributed by atoms with E-state index >= 15 is 0 Å². The van der Waals surface area contributed by atoms with Gasteiger partial charge in [0.05, 0.1) is 0 Å². The van der Waals surface area contributed by atoms with E-state index in [4.69, 9.17) is 14.2 Å². The Morgan fingerprint density at radius 2 is 1.59 bits per heavy atom. The van der Waals surface area contributed by atoms with E-state index in [1.54, 1.807) is 25.1 Å². The highest BCUT2D eigenvalue weighted by Gasteiger charge is 2.22. The van der Waals surface area contributed by atoms with Gasteiger partial charge in [-0.05, 0) is 38.1 Å². The van der Waals surface area contributed by atoms with Crippen LogP contribution in [0.15, 0.2) is 54.6 Å². The lowest BCUT2D eigenvalue weighted by molar-refractivity contribution is -0.127. The highest BCUT2D eigenvalue weighted by molar-refractivity contribution is 5.99. The number of carbonyl (C=O) groups is 3. The molecule has 0 fully saturated rings. The molecule has 8 heteroatoms. The second-order valence-electron chi connectivity index (χ2n) is 5.90. The van der Waals surface area contributed by atoms with E-state index in [-0.39, 0.29) is 12.2 Å². The topological polar surface area (TPSA) is 103 Å². The van der Waals surface area contributed by atoms with Crippen molar-refractivity contribution in [2.75, 3.05) is 19.8 Å². The van der Waals surface area contributed by atoms with E-state index in [0.717, 1.165) is 5.75 Å². The van der Waals surface area contributed by atoms with Crippen LogP contribution in [-0.2, 0) is 9.53 Å². The van der Waals surface area contributed by atoms with Crippen molar-refractivity contribution in [3.63, 3.8) is 0 Å². The van der Waals surface area contributed by atoms with Gasteiger partial charge in [0.25, 0.3) is 5.91 Å². The predicted octanol–water partition coefficient (Wildman–Crippen LogP) is 2.54. The average Bonchev–Trinajstić information content (AvgIpc) is 2.72. The van der Waals surface area contributed by atoms with Crippen LogP contribution < -0.4 is 20.1 Å². The Kier molecular flexibility index (Phi) is 8.50. The van der Waals surface area contributed by atoms with Crippen molar-refractivity contribution in [3.05, 3.63) is 60.2 Å². The van der Waals surface area contributed by atoms with Gasteiger partial charge in [-0.2, -0.15) is 0 Å². The normalized spacial score (nSPS) is 11.1. The summed E-state index contributed by atoms with van der Waals surface area (Å²) in [6.07, 6.45) is -1.15. The van der Waals surface area contributed by atoms with E-state index in [1.165, 1.54) is 13.0 Å². The number of hydrogen-bond donors (Lipinski definition) is 2. The number of carbonyl (C=O) groups excluding carboxylic acids is 3. The molecule has 1 unspecified atom stereocenters. The van der Waals surface area contributed by atoms with Gasteiger partial charge in [0.15, 0.2) is 6.10 Å². The maximum Gasteiger partial charge on any atom is 0.342 e. The lowest BCUT2D eigenvalue weighted by atomic mass is 10.2. The fourth-order valence-corrected chi connectivity index (χ4v) is 2.28. The molecule has 0 saturated carbocycles. The first-order chi connectivity index (χ1) is 14.0. The molecule has 0 radical (unpaired) electrons. The number of hydrogen-bond acceptors (Lipinski definition) is 6. The summed E-state index contributed by atoms with van der Waals surface area (Å²) in [5.74, 6) is -0.427. The van der Waals surface area contributed by atoms with Gasteiger partial charge in [0, 0.05) is 6.54 Å². The number of esters is 1. The van der Waals surface area contributed by atoms with Crippen LogP contribution >= 0.6 is 0 Å². The summed E-state index contributed by atoms with van der Waals surface area (Å²) in [5.41, 5.74) is 0.171. The minimum absolute atomic E-state index is 0.171. The van der Waals surface area contributed by atoms with Crippen LogP contribution in [0.2, 0.25) is 0 Å². The fraction of sp³-hybridized carbons (Fsp3) is 0.286. The van der Waals surface area contributed by atoms with Crippen molar-refractivity contribution in [1.82, 2.24) is 10.6 Å². The number of para-hydroxylation sites is 2. The Balaban J connectivity index is 1.88. The molecule has 1 atom stereocenters. The molecule has 0 aliphatic heterocycles. The first-order valence-corrected chi connectivity index (χ1v) is 9.20. The molecule has 2 aromatic rings. The van der Waals surface area contributed by atoms with Gasteiger partial charge in [-0.1, -0.05) is 30.3 Å². The lowest BCUT2D eigenvalue weighted by Crippen LogP contribution is -2.44. The van der Waals surface area contributed by atoms with E-state index in [9.17, 15) is 14.4 Å². The summed E-state index contributed by atoms with van der Waals surface area (Å²) in [4.78, 5) is 35.8. The summed E-state index contributed by atoms with van der Waals surface area (Å²) in [6, 6.07) is 15.2. The SMILES string of the molecule is CCNC(=O)NC(=O)C(C)OC(=O)c1ccccc1OCCOc1ccccc1. The quantitative estimate of drug-likeness (QED) is 0.495. The van der Waals surface area contributed by atoms with Crippen molar-refractivity contribution < 1.29 is 28.6 Å². The van der Waals surface area contributed by atoms with Gasteiger partial charge < -0.3 is 19.5 Å². The molecule has 3 amide bonds. The fourth-order valence-electron chi connectivity index (χ4n) is 2.28. The summed E-state index contributed by atoms with van der Waals surface area (Å²) in [7, 11) is 0. The van der Waals surface area contributed by atoms with Crippen molar-refractivity contribution in [2.45, 2.75) is 20.0 Å². The molecule has 8 nitrogen and oxygen atoms in total. The number of ether oxygens (including phenoxy) is 3. The molecule has 0 aromatic heterocycles. The third kappa shape index (κ3) is 7.17. The zero-order chi connectivity index (χ0) is 21.1. The van der Waals surface area contributed by atoms with Crippen LogP contribution in [0.5, 0.6) is 11.5 Å². The summed E-state index contributed by atoms with van der Waals surface area (Å²) in [5, 5.41) is 4.52. The van der Waals surface area contributed by atoms with E-state index in [0.29, 0.717) is 18.9 Å². The predicted molar refractivity (Wildman–Crippen MR) is 106 cm³/mol. The van der Waals surface area contributed by atoms with Gasteiger partial charge in [-0.3, -0.25) is 10.1 Å². The number of rotatable bonds is 9. The summed E-state index contributed by atoms with van der Waals surface area (Å²) in [6.45, 7) is 3.97.